The van der Waals surface area contributed by atoms with Crippen molar-refractivity contribution < 1.29 is 5.11 Å². The molecule has 3 aliphatic rings. The van der Waals surface area contributed by atoms with Gasteiger partial charge in [-0.25, -0.2) is 0 Å². The lowest BCUT2D eigenvalue weighted by Crippen LogP contribution is -2.66. The molecule has 0 amide bonds. The average Bonchev–Trinajstić information content (AvgIpc) is 2.20. The molecule has 2 bridgehead atoms. The molecule has 82 valence electrons. The molecular weight excluding hydrogens is 176 g/mol. The Hall–Kier alpha value is -0.120. The van der Waals surface area contributed by atoms with Crippen LogP contribution in [0.4, 0.5) is 0 Å². The third-order valence-electron chi connectivity index (χ3n) is 3.96. The van der Waals surface area contributed by atoms with E-state index in [0.717, 1.165) is 25.4 Å². The zero-order chi connectivity index (χ0) is 10.0. The summed E-state index contributed by atoms with van der Waals surface area (Å²) in [5, 5.41) is 12.8. The highest BCUT2D eigenvalue weighted by atomic mass is 16.3. The van der Waals surface area contributed by atoms with Gasteiger partial charge in [-0.2, -0.15) is 0 Å². The van der Waals surface area contributed by atoms with E-state index in [2.05, 4.69) is 17.1 Å². The predicted octanol–water partition coefficient (Wildman–Crippen LogP) is 0.443. The van der Waals surface area contributed by atoms with Crippen molar-refractivity contribution in [1.29, 1.82) is 0 Å². The van der Waals surface area contributed by atoms with Crippen LogP contribution in [0.3, 0.4) is 0 Å². The highest BCUT2D eigenvalue weighted by Gasteiger charge is 2.45. The standard InChI is InChI=1S/C11H22N2O/c1-2-12-11(5-8-14)9-13-6-3-10(11)4-7-13/h10,12,14H,2-9H2,1H3. The maximum atomic E-state index is 9.18. The molecule has 0 aliphatic carbocycles. The van der Waals surface area contributed by atoms with Crippen molar-refractivity contribution in [3.63, 3.8) is 0 Å². The minimum Gasteiger partial charge on any atom is -0.396 e. The second-order valence-electron chi connectivity index (χ2n) is 4.71. The first-order valence-corrected chi connectivity index (χ1v) is 5.89. The number of likely N-dealkylation sites (N-methyl/N-ethyl adjacent to an activating group) is 1. The summed E-state index contributed by atoms with van der Waals surface area (Å²) >= 11 is 0. The smallest absolute Gasteiger partial charge is 0.0449 e. The molecule has 3 aliphatic heterocycles. The van der Waals surface area contributed by atoms with Crippen LogP contribution in [0.5, 0.6) is 0 Å². The van der Waals surface area contributed by atoms with Crippen molar-refractivity contribution in [2.75, 3.05) is 32.8 Å². The van der Waals surface area contributed by atoms with E-state index in [-0.39, 0.29) is 5.54 Å². The fraction of sp³-hybridized carbons (Fsp3) is 1.00. The fourth-order valence-corrected chi connectivity index (χ4v) is 3.30. The van der Waals surface area contributed by atoms with Crippen molar-refractivity contribution in [3.05, 3.63) is 0 Å². The summed E-state index contributed by atoms with van der Waals surface area (Å²) in [6, 6.07) is 0. The van der Waals surface area contributed by atoms with Gasteiger partial charge >= 0.3 is 0 Å². The Bertz CT molecular complexity index is 182. The quantitative estimate of drug-likeness (QED) is 0.688. The summed E-state index contributed by atoms with van der Waals surface area (Å²) in [6.07, 6.45) is 3.54. The lowest BCUT2D eigenvalue weighted by Gasteiger charge is -2.53. The van der Waals surface area contributed by atoms with Gasteiger partial charge in [0, 0.05) is 18.7 Å². The molecule has 0 spiro atoms. The number of nitrogens with one attached hydrogen (secondary N) is 1. The maximum Gasteiger partial charge on any atom is 0.0449 e. The van der Waals surface area contributed by atoms with Gasteiger partial charge in [0.15, 0.2) is 0 Å². The van der Waals surface area contributed by atoms with Crippen LogP contribution in [-0.2, 0) is 0 Å². The van der Waals surface area contributed by atoms with E-state index in [9.17, 15) is 5.11 Å². The minimum absolute atomic E-state index is 0.222. The molecule has 0 aromatic heterocycles. The van der Waals surface area contributed by atoms with Gasteiger partial charge in [0.1, 0.15) is 0 Å². The lowest BCUT2D eigenvalue weighted by atomic mass is 9.71. The molecule has 3 saturated heterocycles. The summed E-state index contributed by atoms with van der Waals surface area (Å²) in [4.78, 5) is 2.54. The molecule has 0 radical (unpaired) electrons. The van der Waals surface area contributed by atoms with E-state index in [1.807, 2.05) is 0 Å². The van der Waals surface area contributed by atoms with Crippen LogP contribution in [0, 0.1) is 5.92 Å². The second-order valence-corrected chi connectivity index (χ2v) is 4.71. The second kappa shape index (κ2) is 4.17. The molecule has 14 heavy (non-hydrogen) atoms. The summed E-state index contributed by atoms with van der Waals surface area (Å²) in [5.74, 6) is 0.791. The Morgan fingerprint density at radius 2 is 2.14 bits per heavy atom. The molecule has 0 aromatic rings. The van der Waals surface area contributed by atoms with Crippen molar-refractivity contribution >= 4 is 0 Å². The molecule has 1 atom stereocenters. The van der Waals surface area contributed by atoms with Crippen LogP contribution in [0.2, 0.25) is 0 Å². The van der Waals surface area contributed by atoms with Gasteiger partial charge in [-0.15, -0.1) is 0 Å². The Labute approximate surface area is 86.5 Å². The molecule has 3 fully saturated rings. The van der Waals surface area contributed by atoms with Crippen LogP contribution >= 0.6 is 0 Å². The van der Waals surface area contributed by atoms with Gasteiger partial charge in [0.2, 0.25) is 0 Å². The van der Waals surface area contributed by atoms with E-state index in [0.29, 0.717) is 6.61 Å². The number of aliphatic hydroxyl groups is 1. The molecule has 2 N–H and O–H groups in total. The van der Waals surface area contributed by atoms with Gasteiger partial charge < -0.3 is 15.3 Å². The summed E-state index contributed by atoms with van der Waals surface area (Å²) < 4.78 is 0. The zero-order valence-electron chi connectivity index (χ0n) is 9.13. The van der Waals surface area contributed by atoms with Crippen LogP contribution < -0.4 is 5.32 Å². The number of nitrogens with zero attached hydrogens (tertiary/aromatic N) is 1. The third kappa shape index (κ3) is 1.69. The van der Waals surface area contributed by atoms with Crippen LogP contribution in [0.15, 0.2) is 0 Å². The molecule has 0 aromatic carbocycles. The Balaban J connectivity index is 2.09. The first kappa shape index (κ1) is 10.4. The summed E-state index contributed by atoms with van der Waals surface area (Å²) in [5.41, 5.74) is 0.222. The third-order valence-corrected chi connectivity index (χ3v) is 3.96. The van der Waals surface area contributed by atoms with Gasteiger partial charge in [0.25, 0.3) is 0 Å². The molecule has 3 rings (SSSR count). The van der Waals surface area contributed by atoms with Crippen molar-refractivity contribution in [2.45, 2.75) is 31.7 Å². The number of hydrogen-bond acceptors (Lipinski definition) is 3. The first-order valence-electron chi connectivity index (χ1n) is 5.89. The van der Waals surface area contributed by atoms with E-state index in [1.165, 1.54) is 25.9 Å². The van der Waals surface area contributed by atoms with E-state index >= 15 is 0 Å². The maximum absolute atomic E-state index is 9.18. The van der Waals surface area contributed by atoms with Crippen LogP contribution in [-0.4, -0.2) is 48.3 Å². The van der Waals surface area contributed by atoms with Crippen molar-refractivity contribution in [2.24, 2.45) is 5.92 Å². The van der Waals surface area contributed by atoms with E-state index < -0.39 is 0 Å². The summed E-state index contributed by atoms with van der Waals surface area (Å²) in [7, 11) is 0. The predicted molar refractivity (Wildman–Crippen MR) is 57.3 cm³/mol. The fourth-order valence-electron chi connectivity index (χ4n) is 3.30. The van der Waals surface area contributed by atoms with E-state index in [1.54, 1.807) is 0 Å². The normalized spacial score (nSPS) is 41.6. The highest BCUT2D eigenvalue weighted by Crippen LogP contribution is 2.37. The van der Waals surface area contributed by atoms with Crippen LogP contribution in [0.25, 0.3) is 0 Å². The number of piperidine rings is 3. The van der Waals surface area contributed by atoms with E-state index in [4.69, 9.17) is 0 Å². The van der Waals surface area contributed by atoms with Crippen LogP contribution in [0.1, 0.15) is 26.2 Å². The number of hydrogen-bond donors (Lipinski definition) is 2. The van der Waals surface area contributed by atoms with Gasteiger partial charge in [-0.05, 0) is 44.8 Å². The van der Waals surface area contributed by atoms with Gasteiger partial charge in [-0.3, -0.25) is 0 Å². The Morgan fingerprint density at radius 3 is 2.57 bits per heavy atom. The molecule has 3 nitrogen and oxygen atoms in total. The largest absolute Gasteiger partial charge is 0.396 e. The molecule has 0 saturated carbocycles. The monoisotopic (exact) mass is 198 g/mol. The molecule has 3 heteroatoms. The zero-order valence-corrected chi connectivity index (χ0v) is 9.13. The SMILES string of the molecule is CCNC1(CCO)CN2CCC1CC2. The topological polar surface area (TPSA) is 35.5 Å². The Morgan fingerprint density at radius 1 is 1.43 bits per heavy atom. The lowest BCUT2D eigenvalue weighted by molar-refractivity contribution is -0.00613. The van der Waals surface area contributed by atoms with Gasteiger partial charge in [-0.1, -0.05) is 6.92 Å². The number of aliphatic hydroxyl groups excluding tert-OH is 1. The minimum atomic E-state index is 0.222. The van der Waals surface area contributed by atoms with Crippen molar-refractivity contribution in [3.8, 4) is 0 Å². The number of rotatable bonds is 4. The molecule has 3 heterocycles. The number of fused-ring (bicyclic) bond motifs is 3. The summed E-state index contributed by atoms with van der Waals surface area (Å²) in [6.45, 7) is 7.18. The van der Waals surface area contributed by atoms with Gasteiger partial charge in [0.05, 0.1) is 0 Å². The Kier molecular flexibility index (Phi) is 3.10. The molecular formula is C11H22N2O. The highest BCUT2D eigenvalue weighted by molar-refractivity contribution is 5.03. The average molecular weight is 198 g/mol. The first-order chi connectivity index (χ1) is 6.80. The van der Waals surface area contributed by atoms with Crippen molar-refractivity contribution in [1.82, 2.24) is 10.2 Å². The molecule has 1 unspecified atom stereocenters.